The second kappa shape index (κ2) is 9.31. The van der Waals surface area contributed by atoms with Crippen molar-refractivity contribution < 1.29 is 9.53 Å². The first-order chi connectivity index (χ1) is 16.6. The van der Waals surface area contributed by atoms with E-state index in [-0.39, 0.29) is 11.5 Å². The molecule has 7 nitrogen and oxygen atoms in total. The van der Waals surface area contributed by atoms with Gasteiger partial charge in [-0.1, -0.05) is 42.5 Å². The maximum Gasteiger partial charge on any atom is 0.274 e. The van der Waals surface area contributed by atoms with Crippen LogP contribution in [0.15, 0.2) is 84.0 Å². The summed E-state index contributed by atoms with van der Waals surface area (Å²) in [5.41, 5.74) is 4.65. The minimum Gasteiger partial charge on any atom is -0.497 e. The molecule has 0 aliphatic carbocycles. The molecule has 0 unspecified atom stereocenters. The Hall–Kier alpha value is -4.26. The standard InChI is InChI=1S/C27H24N4O3/c1-34-22-9-5-6-19(14-22)17-31-25-10-13-30(27(33)24-16-28-11-12-29-24)18-21(25)15-23(26(31)32)20-7-3-2-4-8-20/h2-9,11-12,14-16H,10,13,17-18H2,1H3. The highest BCUT2D eigenvalue weighted by Crippen LogP contribution is 2.25. The van der Waals surface area contributed by atoms with Gasteiger partial charge in [-0.25, -0.2) is 4.98 Å². The third-order valence-electron chi connectivity index (χ3n) is 6.10. The highest BCUT2D eigenvalue weighted by molar-refractivity contribution is 5.92. The van der Waals surface area contributed by atoms with Gasteiger partial charge in [-0.2, -0.15) is 0 Å². The van der Waals surface area contributed by atoms with E-state index in [0.29, 0.717) is 37.3 Å². The van der Waals surface area contributed by atoms with Crippen LogP contribution in [0.1, 0.15) is 27.3 Å². The summed E-state index contributed by atoms with van der Waals surface area (Å²) < 4.78 is 7.21. The van der Waals surface area contributed by atoms with Crippen molar-refractivity contribution in [1.82, 2.24) is 19.4 Å². The summed E-state index contributed by atoms with van der Waals surface area (Å²) in [5.74, 6) is 0.588. The largest absolute Gasteiger partial charge is 0.497 e. The smallest absolute Gasteiger partial charge is 0.274 e. The Labute approximate surface area is 197 Å². The van der Waals surface area contributed by atoms with Gasteiger partial charge in [-0.3, -0.25) is 14.6 Å². The molecule has 3 heterocycles. The lowest BCUT2D eigenvalue weighted by atomic mass is 9.98. The third-order valence-corrected chi connectivity index (χ3v) is 6.10. The first kappa shape index (κ1) is 21.6. The number of hydrogen-bond donors (Lipinski definition) is 0. The number of rotatable bonds is 5. The van der Waals surface area contributed by atoms with E-state index in [0.717, 1.165) is 28.1 Å². The number of pyridine rings is 1. The Morgan fingerprint density at radius 2 is 1.91 bits per heavy atom. The van der Waals surface area contributed by atoms with Crippen LogP contribution in [0, 0.1) is 0 Å². The molecule has 0 atom stereocenters. The molecule has 1 amide bonds. The fourth-order valence-corrected chi connectivity index (χ4v) is 4.41. The predicted molar refractivity (Wildman–Crippen MR) is 129 cm³/mol. The highest BCUT2D eigenvalue weighted by Gasteiger charge is 2.26. The van der Waals surface area contributed by atoms with E-state index in [1.54, 1.807) is 18.2 Å². The number of nitrogens with zero attached hydrogens (tertiary/aromatic N) is 4. The molecule has 4 aromatic rings. The maximum absolute atomic E-state index is 13.7. The summed E-state index contributed by atoms with van der Waals surface area (Å²) in [5, 5.41) is 0. The number of methoxy groups -OCH3 is 1. The van der Waals surface area contributed by atoms with Gasteiger partial charge in [-0.15, -0.1) is 0 Å². The number of carbonyl (C=O) groups is 1. The van der Waals surface area contributed by atoms with Gasteiger partial charge < -0.3 is 14.2 Å². The normalized spacial score (nSPS) is 12.8. The highest BCUT2D eigenvalue weighted by atomic mass is 16.5. The van der Waals surface area contributed by atoms with E-state index in [1.165, 1.54) is 12.4 Å². The monoisotopic (exact) mass is 452 g/mol. The second-order valence-corrected chi connectivity index (χ2v) is 8.21. The number of ether oxygens (including phenoxy) is 1. The van der Waals surface area contributed by atoms with E-state index < -0.39 is 0 Å². The molecule has 2 aromatic heterocycles. The van der Waals surface area contributed by atoms with E-state index in [1.807, 2.05) is 65.2 Å². The van der Waals surface area contributed by atoms with Crippen LogP contribution in [0.25, 0.3) is 11.1 Å². The Kier molecular flexibility index (Phi) is 5.91. The first-order valence-electron chi connectivity index (χ1n) is 11.1. The molecule has 0 N–H and O–H groups in total. The van der Waals surface area contributed by atoms with Crippen LogP contribution < -0.4 is 10.3 Å². The maximum atomic E-state index is 13.7. The summed E-state index contributed by atoms with van der Waals surface area (Å²) >= 11 is 0. The quantitative estimate of drug-likeness (QED) is 0.463. The van der Waals surface area contributed by atoms with Gasteiger partial charge in [0.15, 0.2) is 0 Å². The van der Waals surface area contributed by atoms with Gasteiger partial charge in [0.05, 0.1) is 19.9 Å². The van der Waals surface area contributed by atoms with Crippen molar-refractivity contribution in [2.45, 2.75) is 19.5 Å². The van der Waals surface area contributed by atoms with Gasteiger partial charge in [0.1, 0.15) is 11.4 Å². The molecule has 170 valence electrons. The lowest BCUT2D eigenvalue weighted by Gasteiger charge is -2.31. The fourth-order valence-electron chi connectivity index (χ4n) is 4.41. The lowest BCUT2D eigenvalue weighted by molar-refractivity contribution is 0.0725. The van der Waals surface area contributed by atoms with Crippen molar-refractivity contribution in [3.05, 3.63) is 112 Å². The van der Waals surface area contributed by atoms with E-state index >= 15 is 0 Å². The molecule has 1 aliphatic heterocycles. The zero-order valence-electron chi connectivity index (χ0n) is 18.8. The summed E-state index contributed by atoms with van der Waals surface area (Å²) in [6, 6.07) is 19.3. The average Bonchev–Trinajstić information content (AvgIpc) is 2.90. The Bertz CT molecular complexity index is 1380. The molecule has 0 spiro atoms. The topological polar surface area (TPSA) is 77.3 Å². The summed E-state index contributed by atoms with van der Waals surface area (Å²) in [4.78, 5) is 36.6. The van der Waals surface area contributed by atoms with Gasteiger partial charge in [0.25, 0.3) is 11.5 Å². The van der Waals surface area contributed by atoms with Crippen molar-refractivity contribution in [1.29, 1.82) is 0 Å². The zero-order chi connectivity index (χ0) is 23.5. The third kappa shape index (κ3) is 4.20. The lowest BCUT2D eigenvalue weighted by Crippen LogP contribution is -2.40. The number of aromatic nitrogens is 3. The molecule has 5 rings (SSSR count). The number of amides is 1. The average molecular weight is 453 g/mol. The van der Waals surface area contributed by atoms with Crippen LogP contribution in [-0.4, -0.2) is 39.0 Å². The molecule has 0 radical (unpaired) electrons. The minimum absolute atomic E-state index is 0.0403. The summed E-state index contributed by atoms with van der Waals surface area (Å²) in [6.45, 7) is 1.34. The molecular formula is C27H24N4O3. The van der Waals surface area contributed by atoms with Gasteiger partial charge in [0.2, 0.25) is 0 Å². The van der Waals surface area contributed by atoms with Crippen molar-refractivity contribution in [3.63, 3.8) is 0 Å². The molecule has 0 saturated carbocycles. The van der Waals surface area contributed by atoms with Crippen molar-refractivity contribution in [2.75, 3.05) is 13.7 Å². The van der Waals surface area contributed by atoms with Crippen LogP contribution in [0.2, 0.25) is 0 Å². The van der Waals surface area contributed by atoms with Crippen LogP contribution in [0.4, 0.5) is 0 Å². The summed E-state index contributed by atoms with van der Waals surface area (Å²) in [6.07, 6.45) is 5.13. The fraction of sp³-hybridized carbons (Fsp3) is 0.185. The molecular weight excluding hydrogens is 428 g/mol. The molecule has 1 aliphatic rings. The number of carbonyl (C=O) groups excluding carboxylic acids is 1. The van der Waals surface area contributed by atoms with Gasteiger partial charge in [-0.05, 0) is 34.9 Å². The first-order valence-corrected chi connectivity index (χ1v) is 11.1. The molecule has 2 aromatic carbocycles. The van der Waals surface area contributed by atoms with Crippen molar-refractivity contribution in [3.8, 4) is 16.9 Å². The van der Waals surface area contributed by atoms with Crippen LogP contribution >= 0.6 is 0 Å². The minimum atomic E-state index is -0.162. The molecule has 7 heteroatoms. The van der Waals surface area contributed by atoms with E-state index in [4.69, 9.17) is 4.74 Å². The van der Waals surface area contributed by atoms with Gasteiger partial charge in [0, 0.05) is 43.2 Å². The number of hydrogen-bond acceptors (Lipinski definition) is 5. The van der Waals surface area contributed by atoms with Crippen molar-refractivity contribution in [2.24, 2.45) is 0 Å². The van der Waals surface area contributed by atoms with Crippen LogP contribution in [-0.2, 0) is 19.5 Å². The zero-order valence-corrected chi connectivity index (χ0v) is 18.8. The molecule has 34 heavy (non-hydrogen) atoms. The van der Waals surface area contributed by atoms with Crippen LogP contribution in [0.3, 0.4) is 0 Å². The molecule has 0 saturated heterocycles. The summed E-state index contributed by atoms with van der Waals surface area (Å²) in [7, 11) is 1.63. The molecule has 0 fully saturated rings. The van der Waals surface area contributed by atoms with Crippen molar-refractivity contribution >= 4 is 5.91 Å². The van der Waals surface area contributed by atoms with E-state index in [9.17, 15) is 9.59 Å². The predicted octanol–water partition coefficient (Wildman–Crippen LogP) is 3.56. The number of benzene rings is 2. The Morgan fingerprint density at radius 3 is 2.68 bits per heavy atom. The number of fused-ring (bicyclic) bond motifs is 1. The Balaban J connectivity index is 1.58. The van der Waals surface area contributed by atoms with Gasteiger partial charge >= 0.3 is 0 Å². The van der Waals surface area contributed by atoms with E-state index in [2.05, 4.69) is 9.97 Å². The second-order valence-electron chi connectivity index (χ2n) is 8.21. The SMILES string of the molecule is COc1cccc(Cn2c3c(cc(-c4ccccc4)c2=O)CN(C(=O)c2cnccn2)CC3)c1. The molecule has 0 bridgehead atoms. The van der Waals surface area contributed by atoms with Crippen LogP contribution in [0.5, 0.6) is 5.75 Å². The Morgan fingerprint density at radius 1 is 1.06 bits per heavy atom.